The first-order valence-corrected chi connectivity index (χ1v) is 7.00. The van der Waals surface area contributed by atoms with E-state index in [2.05, 4.69) is 20.9 Å². The van der Waals surface area contributed by atoms with Crippen LogP contribution in [-0.4, -0.2) is 15.7 Å². The molecule has 0 N–H and O–H groups in total. The molecule has 0 aliphatic rings. The lowest BCUT2D eigenvalue weighted by Crippen LogP contribution is -1.96. The van der Waals surface area contributed by atoms with Crippen molar-refractivity contribution in [1.82, 2.24) is 9.38 Å². The first kappa shape index (κ1) is 13.2. The minimum atomic E-state index is -1.14. The molecule has 0 radical (unpaired) electrons. The number of hydrogen-bond donors (Lipinski definition) is 0. The number of rotatable bonds is 3. The number of hydrogen-bond acceptors (Lipinski definition) is 4. The van der Waals surface area contributed by atoms with E-state index >= 15 is 0 Å². The van der Waals surface area contributed by atoms with E-state index in [1.54, 1.807) is 11.6 Å². The van der Waals surface area contributed by atoms with Crippen LogP contribution in [0.5, 0.6) is 11.6 Å². The van der Waals surface area contributed by atoms with Crippen molar-refractivity contribution in [2.45, 2.75) is 0 Å². The van der Waals surface area contributed by atoms with Gasteiger partial charge < -0.3 is 4.74 Å². The predicted octanol–water partition coefficient (Wildman–Crippen LogP) is 4.04. The molecule has 0 amide bonds. The molecule has 0 aliphatic heterocycles. The van der Waals surface area contributed by atoms with Crippen LogP contribution in [0, 0.1) is 11.6 Å². The minimum Gasteiger partial charge on any atom is -0.434 e. The van der Waals surface area contributed by atoms with Crippen LogP contribution >= 0.6 is 27.3 Å². The number of carbonyl (C=O) groups is 1. The van der Waals surface area contributed by atoms with Gasteiger partial charge in [-0.05, 0) is 12.1 Å². The number of halogens is 3. The van der Waals surface area contributed by atoms with E-state index in [1.807, 2.05) is 0 Å². The van der Waals surface area contributed by atoms with Gasteiger partial charge in [0.25, 0.3) is 0 Å². The van der Waals surface area contributed by atoms with Gasteiger partial charge >= 0.3 is 0 Å². The Morgan fingerprint density at radius 3 is 2.95 bits per heavy atom. The molecule has 1 aromatic carbocycles. The maximum Gasteiger partial charge on any atom is 0.250 e. The standard InChI is InChI=1S/C12H5BrF2N2O2S/c13-6-3-7(14)10(15)9(4-6)19-11-8(5-18)17-1-2-20-12(17)16-11/h1-5H. The summed E-state index contributed by atoms with van der Waals surface area (Å²) in [6.45, 7) is 0. The molecule has 3 rings (SSSR count). The van der Waals surface area contributed by atoms with Gasteiger partial charge in [-0.25, -0.2) is 4.39 Å². The molecule has 102 valence electrons. The van der Waals surface area contributed by atoms with Crippen molar-refractivity contribution in [2.75, 3.05) is 0 Å². The Morgan fingerprint density at radius 2 is 2.20 bits per heavy atom. The van der Waals surface area contributed by atoms with Gasteiger partial charge in [0, 0.05) is 16.0 Å². The third-order valence-electron chi connectivity index (χ3n) is 2.54. The number of thiazole rings is 1. The number of aldehydes is 1. The number of fused-ring (bicyclic) bond motifs is 1. The zero-order valence-corrected chi connectivity index (χ0v) is 12.0. The molecule has 0 fully saturated rings. The molecule has 8 heteroatoms. The van der Waals surface area contributed by atoms with E-state index in [1.165, 1.54) is 21.8 Å². The lowest BCUT2D eigenvalue weighted by Gasteiger charge is -2.05. The van der Waals surface area contributed by atoms with Crippen LogP contribution in [-0.2, 0) is 0 Å². The lowest BCUT2D eigenvalue weighted by atomic mass is 10.3. The molecule has 0 spiro atoms. The summed E-state index contributed by atoms with van der Waals surface area (Å²) >= 11 is 4.34. The van der Waals surface area contributed by atoms with Crippen molar-refractivity contribution in [2.24, 2.45) is 0 Å². The molecule has 20 heavy (non-hydrogen) atoms. The number of carbonyl (C=O) groups excluding carboxylic acids is 1. The Balaban J connectivity index is 2.09. The highest BCUT2D eigenvalue weighted by molar-refractivity contribution is 9.10. The summed E-state index contributed by atoms with van der Waals surface area (Å²) in [5, 5.41) is 1.75. The maximum atomic E-state index is 13.6. The van der Waals surface area contributed by atoms with Crippen molar-refractivity contribution in [1.29, 1.82) is 0 Å². The van der Waals surface area contributed by atoms with Gasteiger partial charge in [0.05, 0.1) is 0 Å². The molecule has 2 heterocycles. The Labute approximate surface area is 123 Å². The second-order valence-corrected chi connectivity index (χ2v) is 5.57. The lowest BCUT2D eigenvalue weighted by molar-refractivity contribution is 0.111. The van der Waals surface area contributed by atoms with Crippen LogP contribution in [0.2, 0.25) is 0 Å². The van der Waals surface area contributed by atoms with Gasteiger partial charge in [-0.3, -0.25) is 9.20 Å². The third kappa shape index (κ3) is 2.10. The summed E-state index contributed by atoms with van der Waals surface area (Å²) < 4.78 is 34.0. The minimum absolute atomic E-state index is 0.0664. The molecule has 3 aromatic rings. The molecule has 2 aromatic heterocycles. The summed E-state index contributed by atoms with van der Waals surface area (Å²) in [7, 11) is 0. The Kier molecular flexibility index (Phi) is 3.27. The summed E-state index contributed by atoms with van der Waals surface area (Å²) in [6, 6.07) is 2.25. The molecule has 0 unspecified atom stereocenters. The molecular formula is C12H5BrF2N2O2S. The first-order valence-electron chi connectivity index (χ1n) is 5.33. The second kappa shape index (κ2) is 4.95. The molecule has 0 atom stereocenters. The van der Waals surface area contributed by atoms with E-state index in [0.29, 0.717) is 15.7 Å². The van der Waals surface area contributed by atoms with E-state index in [0.717, 1.165) is 6.07 Å². The SMILES string of the molecule is O=Cc1c(Oc2cc(Br)cc(F)c2F)nc2sccn12. The smallest absolute Gasteiger partial charge is 0.250 e. The zero-order valence-electron chi connectivity index (χ0n) is 9.64. The van der Waals surface area contributed by atoms with Crippen LogP contribution in [0.4, 0.5) is 8.78 Å². The first-order chi connectivity index (χ1) is 9.60. The van der Waals surface area contributed by atoms with Gasteiger partial charge in [-0.2, -0.15) is 9.37 Å². The highest BCUT2D eigenvalue weighted by atomic mass is 79.9. The number of nitrogens with zero attached hydrogens (tertiary/aromatic N) is 2. The monoisotopic (exact) mass is 358 g/mol. The Bertz CT molecular complexity index is 815. The fourth-order valence-corrected chi connectivity index (χ4v) is 2.80. The maximum absolute atomic E-state index is 13.6. The number of aromatic nitrogens is 2. The normalized spacial score (nSPS) is 10.9. The Morgan fingerprint density at radius 1 is 1.40 bits per heavy atom. The van der Waals surface area contributed by atoms with E-state index in [9.17, 15) is 13.6 Å². The summed E-state index contributed by atoms with van der Waals surface area (Å²) in [5.41, 5.74) is 0.140. The fraction of sp³-hybridized carbons (Fsp3) is 0. The second-order valence-electron chi connectivity index (χ2n) is 3.78. The number of benzene rings is 1. The largest absolute Gasteiger partial charge is 0.434 e. The molecular weight excluding hydrogens is 354 g/mol. The highest BCUT2D eigenvalue weighted by Gasteiger charge is 2.18. The fourth-order valence-electron chi connectivity index (χ4n) is 1.68. The van der Waals surface area contributed by atoms with Crippen LogP contribution in [0.15, 0.2) is 28.2 Å². The number of ether oxygens (including phenoxy) is 1. The quantitative estimate of drug-likeness (QED) is 0.524. The van der Waals surface area contributed by atoms with Crippen LogP contribution < -0.4 is 4.74 Å². The molecule has 0 saturated carbocycles. The van der Waals surface area contributed by atoms with Crippen molar-refractivity contribution in [3.63, 3.8) is 0 Å². The van der Waals surface area contributed by atoms with E-state index in [-0.39, 0.29) is 17.3 Å². The van der Waals surface area contributed by atoms with Gasteiger partial charge in [0.2, 0.25) is 11.7 Å². The van der Waals surface area contributed by atoms with E-state index in [4.69, 9.17) is 4.74 Å². The third-order valence-corrected chi connectivity index (χ3v) is 3.76. The molecule has 0 aliphatic carbocycles. The van der Waals surface area contributed by atoms with Gasteiger partial charge in [-0.1, -0.05) is 15.9 Å². The number of imidazole rings is 1. The van der Waals surface area contributed by atoms with Crippen LogP contribution in [0.25, 0.3) is 4.96 Å². The topological polar surface area (TPSA) is 43.6 Å². The van der Waals surface area contributed by atoms with Crippen LogP contribution in [0.3, 0.4) is 0 Å². The summed E-state index contributed by atoms with van der Waals surface area (Å²) in [5.74, 6) is -2.60. The van der Waals surface area contributed by atoms with Crippen molar-refractivity contribution in [3.8, 4) is 11.6 Å². The van der Waals surface area contributed by atoms with Gasteiger partial charge in [0.15, 0.2) is 28.5 Å². The van der Waals surface area contributed by atoms with Crippen molar-refractivity contribution in [3.05, 3.63) is 45.5 Å². The predicted molar refractivity (Wildman–Crippen MR) is 72.6 cm³/mol. The average Bonchev–Trinajstić information content (AvgIpc) is 2.95. The van der Waals surface area contributed by atoms with Crippen LogP contribution in [0.1, 0.15) is 10.5 Å². The van der Waals surface area contributed by atoms with Gasteiger partial charge in [0.1, 0.15) is 0 Å². The summed E-state index contributed by atoms with van der Waals surface area (Å²) in [6.07, 6.45) is 2.19. The highest BCUT2D eigenvalue weighted by Crippen LogP contribution is 2.31. The average molecular weight is 359 g/mol. The zero-order chi connectivity index (χ0) is 14.3. The van der Waals surface area contributed by atoms with Crippen molar-refractivity contribution < 1.29 is 18.3 Å². The molecule has 0 bridgehead atoms. The molecule has 0 saturated heterocycles. The molecule has 4 nitrogen and oxygen atoms in total. The Hall–Kier alpha value is -1.80. The van der Waals surface area contributed by atoms with E-state index < -0.39 is 11.6 Å². The van der Waals surface area contributed by atoms with Crippen molar-refractivity contribution >= 4 is 38.5 Å². The summed E-state index contributed by atoms with van der Waals surface area (Å²) in [4.78, 5) is 15.7. The van der Waals surface area contributed by atoms with Gasteiger partial charge in [-0.15, -0.1) is 11.3 Å².